The minimum absolute atomic E-state index is 0.303. The average molecular weight is 156 g/mol. The van der Waals surface area contributed by atoms with Gasteiger partial charge in [0.05, 0.1) is 0 Å². The first-order chi connectivity index (χ1) is 5.07. The molecule has 2 atom stereocenters. The first kappa shape index (κ1) is 10.7. The highest BCUT2D eigenvalue weighted by molar-refractivity contribution is 4.93. The van der Waals surface area contributed by atoms with Gasteiger partial charge in [0.15, 0.2) is 0 Å². The second-order valence-electron chi connectivity index (χ2n) is 3.65. The number of rotatable bonds is 4. The Bertz CT molecular complexity index is 123. The van der Waals surface area contributed by atoms with Crippen LogP contribution in [0.5, 0.6) is 0 Å². The van der Waals surface area contributed by atoms with E-state index in [4.69, 9.17) is 5.11 Å². The van der Waals surface area contributed by atoms with E-state index in [9.17, 15) is 0 Å². The van der Waals surface area contributed by atoms with Crippen molar-refractivity contribution in [3.8, 4) is 0 Å². The van der Waals surface area contributed by atoms with Crippen LogP contribution in [-0.4, -0.2) is 11.7 Å². The highest BCUT2D eigenvalue weighted by atomic mass is 16.3. The topological polar surface area (TPSA) is 20.2 Å². The summed E-state index contributed by atoms with van der Waals surface area (Å²) in [6.45, 7) is 8.79. The minimum atomic E-state index is 0.303. The fraction of sp³-hybridized carbons (Fsp3) is 0.800. The van der Waals surface area contributed by atoms with Gasteiger partial charge >= 0.3 is 0 Å². The summed E-state index contributed by atoms with van der Waals surface area (Å²) in [4.78, 5) is 0. The molecule has 0 aliphatic carbocycles. The van der Waals surface area contributed by atoms with E-state index in [1.165, 1.54) is 5.57 Å². The molecule has 0 saturated carbocycles. The Kier molecular flexibility index (Phi) is 5.22. The first-order valence-electron chi connectivity index (χ1n) is 4.32. The maximum absolute atomic E-state index is 8.85. The smallest absolute Gasteiger partial charge is 0.0459 e. The van der Waals surface area contributed by atoms with E-state index in [0.717, 1.165) is 6.42 Å². The summed E-state index contributed by atoms with van der Waals surface area (Å²) in [6.07, 6.45) is 3.32. The summed E-state index contributed by atoms with van der Waals surface area (Å²) < 4.78 is 0. The summed E-state index contributed by atoms with van der Waals surface area (Å²) in [6, 6.07) is 0. The summed E-state index contributed by atoms with van der Waals surface area (Å²) in [7, 11) is 0. The van der Waals surface area contributed by atoms with E-state index in [1.54, 1.807) is 0 Å². The van der Waals surface area contributed by atoms with Gasteiger partial charge in [-0.05, 0) is 32.1 Å². The molecule has 0 saturated heterocycles. The molecule has 0 spiro atoms. The van der Waals surface area contributed by atoms with Crippen LogP contribution in [0.3, 0.4) is 0 Å². The maximum Gasteiger partial charge on any atom is 0.0459 e. The van der Waals surface area contributed by atoms with Gasteiger partial charge in [-0.25, -0.2) is 0 Å². The molecule has 2 unspecified atom stereocenters. The zero-order chi connectivity index (χ0) is 8.85. The SMILES string of the molecule is CC(C)=CCC(C)C(C)CO. The Balaban J connectivity index is 3.68. The molecular weight excluding hydrogens is 136 g/mol. The van der Waals surface area contributed by atoms with Gasteiger partial charge in [0, 0.05) is 6.61 Å². The molecule has 1 heteroatoms. The molecule has 1 N–H and O–H groups in total. The van der Waals surface area contributed by atoms with Gasteiger partial charge in [-0.2, -0.15) is 0 Å². The van der Waals surface area contributed by atoms with Gasteiger partial charge in [0.1, 0.15) is 0 Å². The molecule has 0 aromatic rings. The van der Waals surface area contributed by atoms with Crippen molar-refractivity contribution in [2.75, 3.05) is 6.61 Å². The lowest BCUT2D eigenvalue weighted by molar-refractivity contribution is 0.196. The van der Waals surface area contributed by atoms with Crippen molar-refractivity contribution in [3.63, 3.8) is 0 Å². The molecule has 0 aromatic heterocycles. The predicted molar refractivity (Wildman–Crippen MR) is 49.5 cm³/mol. The molecule has 66 valence electrons. The van der Waals surface area contributed by atoms with Crippen molar-refractivity contribution in [3.05, 3.63) is 11.6 Å². The van der Waals surface area contributed by atoms with Crippen molar-refractivity contribution in [1.82, 2.24) is 0 Å². The van der Waals surface area contributed by atoms with E-state index in [-0.39, 0.29) is 0 Å². The molecule has 0 rings (SSSR count). The van der Waals surface area contributed by atoms with Crippen molar-refractivity contribution < 1.29 is 5.11 Å². The van der Waals surface area contributed by atoms with Gasteiger partial charge in [0.2, 0.25) is 0 Å². The van der Waals surface area contributed by atoms with Crippen LogP contribution in [0.25, 0.3) is 0 Å². The quantitative estimate of drug-likeness (QED) is 0.620. The van der Waals surface area contributed by atoms with E-state index in [2.05, 4.69) is 33.8 Å². The van der Waals surface area contributed by atoms with E-state index in [1.807, 2.05) is 0 Å². The number of hydrogen-bond acceptors (Lipinski definition) is 1. The lowest BCUT2D eigenvalue weighted by atomic mass is 9.93. The summed E-state index contributed by atoms with van der Waals surface area (Å²) in [5.74, 6) is 1.01. The van der Waals surface area contributed by atoms with Crippen molar-refractivity contribution in [1.29, 1.82) is 0 Å². The normalized spacial score (nSPS) is 15.7. The number of aliphatic hydroxyl groups excluding tert-OH is 1. The van der Waals surface area contributed by atoms with E-state index >= 15 is 0 Å². The monoisotopic (exact) mass is 156 g/mol. The number of allylic oxidation sites excluding steroid dienone is 2. The van der Waals surface area contributed by atoms with Crippen LogP contribution in [0.1, 0.15) is 34.1 Å². The molecule has 1 nitrogen and oxygen atoms in total. The summed E-state index contributed by atoms with van der Waals surface area (Å²) in [5, 5.41) is 8.85. The lowest BCUT2D eigenvalue weighted by Crippen LogP contribution is -2.11. The Morgan fingerprint density at radius 3 is 2.18 bits per heavy atom. The Morgan fingerprint density at radius 2 is 1.82 bits per heavy atom. The Morgan fingerprint density at radius 1 is 1.27 bits per heavy atom. The first-order valence-corrected chi connectivity index (χ1v) is 4.32. The van der Waals surface area contributed by atoms with Crippen molar-refractivity contribution >= 4 is 0 Å². The predicted octanol–water partition coefficient (Wildman–Crippen LogP) is 2.61. The highest BCUT2D eigenvalue weighted by Gasteiger charge is 2.08. The van der Waals surface area contributed by atoms with Gasteiger partial charge < -0.3 is 5.11 Å². The van der Waals surface area contributed by atoms with Crippen LogP contribution in [0.2, 0.25) is 0 Å². The third kappa shape index (κ3) is 5.02. The molecule has 0 amide bonds. The molecule has 0 heterocycles. The van der Waals surface area contributed by atoms with Crippen LogP contribution in [0.4, 0.5) is 0 Å². The van der Waals surface area contributed by atoms with E-state index < -0.39 is 0 Å². The summed E-state index contributed by atoms with van der Waals surface area (Å²) >= 11 is 0. The van der Waals surface area contributed by atoms with Crippen LogP contribution < -0.4 is 0 Å². The molecule has 0 radical (unpaired) electrons. The van der Waals surface area contributed by atoms with Crippen LogP contribution in [0, 0.1) is 11.8 Å². The molecule has 0 bridgehead atoms. The lowest BCUT2D eigenvalue weighted by Gasteiger charge is -2.15. The number of hydrogen-bond donors (Lipinski definition) is 1. The molecule has 0 aliphatic heterocycles. The molecule has 11 heavy (non-hydrogen) atoms. The third-order valence-corrected chi connectivity index (χ3v) is 2.16. The molecule has 0 aromatic carbocycles. The Labute approximate surface area is 70.1 Å². The van der Waals surface area contributed by atoms with E-state index in [0.29, 0.717) is 18.4 Å². The van der Waals surface area contributed by atoms with Gasteiger partial charge in [-0.15, -0.1) is 0 Å². The standard InChI is InChI=1S/C10H20O/c1-8(2)5-6-9(3)10(4)7-11/h5,9-11H,6-7H2,1-4H3. The zero-order valence-corrected chi connectivity index (χ0v) is 8.09. The van der Waals surface area contributed by atoms with Crippen molar-refractivity contribution in [2.45, 2.75) is 34.1 Å². The van der Waals surface area contributed by atoms with Crippen LogP contribution in [-0.2, 0) is 0 Å². The average Bonchev–Trinajstić information content (AvgIpc) is 1.98. The maximum atomic E-state index is 8.85. The zero-order valence-electron chi connectivity index (χ0n) is 8.09. The third-order valence-electron chi connectivity index (χ3n) is 2.16. The van der Waals surface area contributed by atoms with Gasteiger partial charge in [-0.1, -0.05) is 25.5 Å². The summed E-state index contributed by atoms with van der Waals surface area (Å²) in [5.41, 5.74) is 1.36. The molecule has 0 aliphatic rings. The highest BCUT2D eigenvalue weighted by Crippen LogP contribution is 2.15. The molecule has 0 fully saturated rings. The van der Waals surface area contributed by atoms with Gasteiger partial charge in [-0.3, -0.25) is 0 Å². The molecular formula is C10H20O. The largest absolute Gasteiger partial charge is 0.396 e. The fourth-order valence-electron chi connectivity index (χ4n) is 0.834. The number of aliphatic hydroxyl groups is 1. The van der Waals surface area contributed by atoms with Crippen LogP contribution in [0.15, 0.2) is 11.6 Å². The van der Waals surface area contributed by atoms with Crippen molar-refractivity contribution in [2.24, 2.45) is 11.8 Å². The van der Waals surface area contributed by atoms with Gasteiger partial charge in [0.25, 0.3) is 0 Å². The van der Waals surface area contributed by atoms with Crippen LogP contribution >= 0.6 is 0 Å². The fourth-order valence-corrected chi connectivity index (χ4v) is 0.834. The minimum Gasteiger partial charge on any atom is -0.396 e. The Hall–Kier alpha value is -0.300. The second kappa shape index (κ2) is 5.36. The second-order valence-corrected chi connectivity index (χ2v) is 3.65.